The zero-order valence-corrected chi connectivity index (χ0v) is 7.20. The largest absolute Gasteiger partial charge is 0.205 e. The minimum atomic E-state index is 1.00. The highest BCUT2D eigenvalue weighted by molar-refractivity contribution is 5.56. The molecule has 0 atom stereocenters. The van der Waals surface area contributed by atoms with Gasteiger partial charge in [-0.15, -0.1) is 0 Å². The van der Waals surface area contributed by atoms with Crippen molar-refractivity contribution in [2.24, 2.45) is 0 Å². The lowest BCUT2D eigenvalue weighted by Gasteiger charge is -2.07. The molecule has 2 rings (SSSR count). The second kappa shape index (κ2) is 2.94. The van der Waals surface area contributed by atoms with E-state index in [1.54, 1.807) is 0 Å². The molecule has 0 spiro atoms. The molecule has 0 aromatic heterocycles. The van der Waals surface area contributed by atoms with Gasteiger partial charge in [0.05, 0.1) is 0 Å². The maximum atomic E-state index is 2.18. The summed E-state index contributed by atoms with van der Waals surface area (Å²) in [5.74, 6) is 0. The van der Waals surface area contributed by atoms with Crippen molar-refractivity contribution >= 4 is 12.3 Å². The fourth-order valence-electron chi connectivity index (χ4n) is 1.44. The van der Waals surface area contributed by atoms with Crippen molar-refractivity contribution in [2.75, 3.05) is 0 Å². The number of rotatable bonds is 0. The average Bonchev–Trinajstić information content (AvgIpc) is 2.17. The van der Waals surface area contributed by atoms with Crippen LogP contribution < -0.4 is 0 Å². The van der Waals surface area contributed by atoms with Crippen molar-refractivity contribution in [1.82, 2.24) is 0 Å². The third-order valence-corrected chi connectivity index (χ3v) is 2.19. The molecule has 0 bridgehead atoms. The van der Waals surface area contributed by atoms with Crippen LogP contribution in [0.3, 0.4) is 0 Å². The molecular weight excluding hydrogens is 146 g/mol. The second-order valence-corrected chi connectivity index (χ2v) is 2.95. The summed E-state index contributed by atoms with van der Waals surface area (Å²) in [4.78, 5) is 0. The lowest BCUT2D eigenvalue weighted by Crippen LogP contribution is -2.09. The Labute approximate surface area is 72.7 Å². The topological polar surface area (TPSA) is 3.01 Å². The van der Waals surface area contributed by atoms with Crippen molar-refractivity contribution in [3.8, 4) is 0 Å². The summed E-state index contributed by atoms with van der Waals surface area (Å²) >= 11 is 0. The fraction of sp³-hybridized carbons (Fsp3) is 0.182. The molecule has 1 aromatic carbocycles. The third-order valence-electron chi connectivity index (χ3n) is 2.19. The first-order valence-corrected chi connectivity index (χ1v) is 4.21. The van der Waals surface area contributed by atoms with Crippen molar-refractivity contribution < 1.29 is 4.58 Å². The molecule has 0 saturated carbocycles. The van der Waals surface area contributed by atoms with E-state index in [1.165, 1.54) is 11.1 Å². The van der Waals surface area contributed by atoms with Gasteiger partial charge in [0.1, 0.15) is 6.21 Å². The van der Waals surface area contributed by atoms with Gasteiger partial charge in [-0.05, 0) is 5.56 Å². The van der Waals surface area contributed by atoms with E-state index >= 15 is 0 Å². The molecule has 0 saturated heterocycles. The Morgan fingerprint density at radius 2 is 2.17 bits per heavy atom. The van der Waals surface area contributed by atoms with E-state index in [2.05, 4.69) is 54.3 Å². The molecule has 1 heteroatoms. The van der Waals surface area contributed by atoms with Crippen LogP contribution in [0.4, 0.5) is 0 Å². The van der Waals surface area contributed by atoms with Gasteiger partial charge in [-0.2, -0.15) is 0 Å². The van der Waals surface area contributed by atoms with E-state index in [0.29, 0.717) is 0 Å². The number of hydrogen-bond acceptors (Lipinski definition) is 0. The van der Waals surface area contributed by atoms with Gasteiger partial charge >= 0.3 is 0 Å². The quantitative estimate of drug-likeness (QED) is 0.509. The van der Waals surface area contributed by atoms with E-state index in [0.717, 1.165) is 6.54 Å². The molecule has 0 N–H and O–H groups in total. The van der Waals surface area contributed by atoms with E-state index in [4.69, 9.17) is 0 Å². The van der Waals surface area contributed by atoms with Gasteiger partial charge in [-0.3, -0.25) is 0 Å². The van der Waals surface area contributed by atoms with Gasteiger partial charge < -0.3 is 0 Å². The number of benzene rings is 1. The highest BCUT2D eigenvalue weighted by Crippen LogP contribution is 2.15. The van der Waals surface area contributed by atoms with Gasteiger partial charge in [-0.25, -0.2) is 4.58 Å². The Bertz CT molecular complexity index is 348. The SMILES string of the molecule is CC=[N+]1C=Cc2ccccc2C1. The van der Waals surface area contributed by atoms with E-state index < -0.39 is 0 Å². The van der Waals surface area contributed by atoms with Gasteiger partial charge in [0.15, 0.2) is 12.7 Å². The Kier molecular flexibility index (Phi) is 1.78. The fourth-order valence-corrected chi connectivity index (χ4v) is 1.44. The normalized spacial score (nSPS) is 17.9. The maximum Gasteiger partial charge on any atom is 0.174 e. The Hall–Kier alpha value is -1.37. The summed E-state index contributed by atoms with van der Waals surface area (Å²) in [5.41, 5.74) is 2.74. The lowest BCUT2D eigenvalue weighted by molar-refractivity contribution is -0.470. The van der Waals surface area contributed by atoms with E-state index in [9.17, 15) is 0 Å². The highest BCUT2D eigenvalue weighted by Gasteiger charge is 2.10. The monoisotopic (exact) mass is 158 g/mol. The Balaban J connectivity index is 2.46. The van der Waals surface area contributed by atoms with Crippen LogP contribution >= 0.6 is 0 Å². The van der Waals surface area contributed by atoms with Crippen molar-refractivity contribution in [2.45, 2.75) is 13.5 Å². The van der Waals surface area contributed by atoms with Crippen molar-refractivity contribution in [3.05, 3.63) is 41.6 Å². The zero-order valence-electron chi connectivity index (χ0n) is 7.20. The minimum absolute atomic E-state index is 1.00. The highest BCUT2D eigenvalue weighted by atomic mass is 15.0. The molecule has 1 aliphatic heterocycles. The van der Waals surface area contributed by atoms with Gasteiger partial charge in [0.2, 0.25) is 0 Å². The molecule has 1 aliphatic rings. The van der Waals surface area contributed by atoms with Crippen LogP contribution in [-0.4, -0.2) is 10.8 Å². The minimum Gasteiger partial charge on any atom is -0.205 e. The predicted octanol–water partition coefficient (Wildman–Crippen LogP) is 2.27. The second-order valence-electron chi connectivity index (χ2n) is 2.95. The number of hydrogen-bond donors (Lipinski definition) is 0. The number of fused-ring (bicyclic) bond motifs is 1. The lowest BCUT2D eigenvalue weighted by atomic mass is 10.1. The summed E-state index contributed by atoms with van der Waals surface area (Å²) in [6.07, 6.45) is 6.35. The van der Waals surface area contributed by atoms with Crippen molar-refractivity contribution in [1.29, 1.82) is 0 Å². The molecule has 1 nitrogen and oxygen atoms in total. The van der Waals surface area contributed by atoms with Crippen LogP contribution in [0.25, 0.3) is 6.08 Å². The summed E-state index contributed by atoms with van der Waals surface area (Å²) < 4.78 is 2.18. The summed E-state index contributed by atoms with van der Waals surface area (Å²) in [6, 6.07) is 8.49. The van der Waals surface area contributed by atoms with Crippen molar-refractivity contribution in [3.63, 3.8) is 0 Å². The predicted molar refractivity (Wildman–Crippen MR) is 51.2 cm³/mol. The molecular formula is C11H12N+. The first-order valence-electron chi connectivity index (χ1n) is 4.21. The molecule has 0 fully saturated rings. The summed E-state index contributed by atoms with van der Waals surface area (Å²) in [5, 5.41) is 0. The molecule has 0 amide bonds. The molecule has 1 aromatic rings. The first-order chi connectivity index (χ1) is 5.90. The van der Waals surface area contributed by atoms with Crippen LogP contribution in [0.15, 0.2) is 30.5 Å². The maximum absolute atomic E-state index is 2.18. The van der Waals surface area contributed by atoms with Crippen LogP contribution in [0, 0.1) is 0 Å². The summed E-state index contributed by atoms with van der Waals surface area (Å²) in [6.45, 7) is 3.06. The van der Waals surface area contributed by atoms with Gasteiger partial charge in [0.25, 0.3) is 0 Å². The smallest absolute Gasteiger partial charge is 0.174 e. The number of nitrogens with zero attached hydrogens (tertiary/aromatic N) is 1. The van der Waals surface area contributed by atoms with E-state index in [1.807, 2.05) is 0 Å². The molecule has 0 unspecified atom stereocenters. The standard InChI is InChI=1S/C11H12N/c1-2-12-8-7-10-5-3-4-6-11(10)9-12/h2-8H,9H2,1H3/q+1. The summed E-state index contributed by atoms with van der Waals surface area (Å²) in [7, 11) is 0. The Morgan fingerprint density at radius 1 is 1.33 bits per heavy atom. The first kappa shape index (κ1) is 7.29. The van der Waals surface area contributed by atoms with Crippen LogP contribution in [-0.2, 0) is 6.54 Å². The molecule has 12 heavy (non-hydrogen) atoms. The molecule has 0 radical (unpaired) electrons. The van der Waals surface area contributed by atoms with Crippen LogP contribution in [0.5, 0.6) is 0 Å². The Morgan fingerprint density at radius 3 is 3.00 bits per heavy atom. The van der Waals surface area contributed by atoms with Crippen LogP contribution in [0.1, 0.15) is 18.1 Å². The van der Waals surface area contributed by atoms with E-state index in [-0.39, 0.29) is 0 Å². The molecule has 60 valence electrons. The molecule has 1 heterocycles. The van der Waals surface area contributed by atoms with Crippen LogP contribution in [0.2, 0.25) is 0 Å². The third kappa shape index (κ3) is 1.18. The zero-order chi connectivity index (χ0) is 8.39. The van der Waals surface area contributed by atoms with Gasteiger partial charge in [0, 0.05) is 18.6 Å². The molecule has 0 aliphatic carbocycles. The van der Waals surface area contributed by atoms with Gasteiger partial charge in [-0.1, -0.05) is 24.3 Å². The average molecular weight is 158 g/mol.